The van der Waals surface area contributed by atoms with Crippen LogP contribution in [0.5, 0.6) is 0 Å². The van der Waals surface area contributed by atoms with E-state index >= 15 is 0 Å². The van der Waals surface area contributed by atoms with Crippen LogP contribution < -0.4 is 5.32 Å². The maximum Gasteiger partial charge on any atom is 0.251 e. The largest absolute Gasteiger partial charge is 0.390 e. The van der Waals surface area contributed by atoms with Crippen LogP contribution in [0.1, 0.15) is 42.5 Å². The van der Waals surface area contributed by atoms with Crippen LogP contribution in [0.15, 0.2) is 24.5 Å². The Morgan fingerprint density at radius 2 is 2.00 bits per heavy atom. The zero-order valence-corrected chi connectivity index (χ0v) is 9.85. The molecule has 1 aliphatic rings. The van der Waals surface area contributed by atoms with Crippen molar-refractivity contribution >= 4 is 5.91 Å². The fraction of sp³-hybridized carbons (Fsp3) is 0.538. The molecule has 17 heavy (non-hydrogen) atoms. The van der Waals surface area contributed by atoms with Gasteiger partial charge in [-0.05, 0) is 31.4 Å². The standard InChI is InChI=1S/C13H18N2O2/c16-12(11-3-8-14-9-4-11)15-10-7-13(17)5-1-2-6-13/h3-4,8-9,17H,1-2,5-7,10H2,(H,15,16). The van der Waals surface area contributed by atoms with Crippen LogP contribution in [-0.2, 0) is 0 Å². The summed E-state index contributed by atoms with van der Waals surface area (Å²) >= 11 is 0. The molecule has 2 rings (SSSR count). The molecule has 1 saturated carbocycles. The first kappa shape index (κ1) is 12.0. The first-order valence-corrected chi connectivity index (χ1v) is 6.10. The van der Waals surface area contributed by atoms with Crippen molar-refractivity contribution in [3.63, 3.8) is 0 Å². The van der Waals surface area contributed by atoms with E-state index in [1.165, 1.54) is 0 Å². The van der Waals surface area contributed by atoms with Crippen molar-refractivity contribution < 1.29 is 9.90 Å². The predicted molar refractivity (Wildman–Crippen MR) is 64.6 cm³/mol. The highest BCUT2D eigenvalue weighted by Crippen LogP contribution is 2.31. The molecule has 1 fully saturated rings. The van der Waals surface area contributed by atoms with E-state index in [1.807, 2.05) is 0 Å². The summed E-state index contributed by atoms with van der Waals surface area (Å²) in [6.07, 6.45) is 7.74. The number of nitrogens with one attached hydrogen (secondary N) is 1. The molecular formula is C13H18N2O2. The van der Waals surface area contributed by atoms with Gasteiger partial charge in [0.05, 0.1) is 5.60 Å². The summed E-state index contributed by atoms with van der Waals surface area (Å²) < 4.78 is 0. The number of hydrogen-bond acceptors (Lipinski definition) is 3. The third kappa shape index (κ3) is 3.27. The summed E-state index contributed by atoms with van der Waals surface area (Å²) in [6.45, 7) is 0.525. The summed E-state index contributed by atoms with van der Waals surface area (Å²) in [5.41, 5.74) is 0.0596. The number of pyridine rings is 1. The van der Waals surface area contributed by atoms with Crippen molar-refractivity contribution in [3.05, 3.63) is 30.1 Å². The molecule has 1 amide bonds. The molecule has 2 N–H and O–H groups in total. The van der Waals surface area contributed by atoms with Crippen molar-refractivity contribution in [2.75, 3.05) is 6.54 Å². The van der Waals surface area contributed by atoms with E-state index in [2.05, 4.69) is 10.3 Å². The number of carbonyl (C=O) groups excluding carboxylic acids is 1. The Hall–Kier alpha value is -1.42. The second-order valence-electron chi connectivity index (χ2n) is 4.67. The molecule has 0 spiro atoms. The third-order valence-corrected chi connectivity index (χ3v) is 3.35. The normalized spacial score (nSPS) is 17.9. The van der Waals surface area contributed by atoms with Gasteiger partial charge in [0, 0.05) is 24.5 Å². The van der Waals surface area contributed by atoms with E-state index in [9.17, 15) is 9.90 Å². The topological polar surface area (TPSA) is 62.2 Å². The van der Waals surface area contributed by atoms with E-state index in [0.29, 0.717) is 18.5 Å². The van der Waals surface area contributed by atoms with Crippen molar-refractivity contribution in [2.45, 2.75) is 37.7 Å². The van der Waals surface area contributed by atoms with E-state index in [0.717, 1.165) is 25.7 Å². The lowest BCUT2D eigenvalue weighted by Gasteiger charge is -2.21. The average Bonchev–Trinajstić information content (AvgIpc) is 2.77. The first-order valence-electron chi connectivity index (χ1n) is 6.10. The Morgan fingerprint density at radius 1 is 1.35 bits per heavy atom. The van der Waals surface area contributed by atoms with Gasteiger partial charge in [0.1, 0.15) is 0 Å². The average molecular weight is 234 g/mol. The van der Waals surface area contributed by atoms with Crippen molar-refractivity contribution in [2.24, 2.45) is 0 Å². The lowest BCUT2D eigenvalue weighted by molar-refractivity contribution is 0.0389. The molecule has 0 unspecified atom stereocenters. The van der Waals surface area contributed by atoms with Gasteiger partial charge in [0.15, 0.2) is 0 Å². The van der Waals surface area contributed by atoms with Crippen molar-refractivity contribution in [1.82, 2.24) is 10.3 Å². The fourth-order valence-electron chi connectivity index (χ4n) is 2.30. The second-order valence-corrected chi connectivity index (χ2v) is 4.67. The smallest absolute Gasteiger partial charge is 0.251 e. The Bertz CT molecular complexity index is 372. The van der Waals surface area contributed by atoms with Gasteiger partial charge < -0.3 is 10.4 Å². The summed E-state index contributed by atoms with van der Waals surface area (Å²) in [6, 6.07) is 3.36. The number of nitrogens with zero attached hydrogens (tertiary/aromatic N) is 1. The molecule has 0 atom stereocenters. The molecule has 1 aliphatic carbocycles. The van der Waals surface area contributed by atoms with Crippen LogP contribution in [0.3, 0.4) is 0 Å². The Kier molecular flexibility index (Phi) is 3.74. The third-order valence-electron chi connectivity index (χ3n) is 3.35. The molecule has 0 radical (unpaired) electrons. The van der Waals surface area contributed by atoms with Crippen LogP contribution in [0, 0.1) is 0 Å². The Morgan fingerprint density at radius 3 is 2.65 bits per heavy atom. The molecule has 0 bridgehead atoms. The highest BCUT2D eigenvalue weighted by atomic mass is 16.3. The number of aliphatic hydroxyl groups is 1. The fourth-order valence-corrected chi connectivity index (χ4v) is 2.30. The molecule has 0 saturated heterocycles. The number of hydrogen-bond donors (Lipinski definition) is 2. The van der Waals surface area contributed by atoms with E-state index in [1.54, 1.807) is 24.5 Å². The van der Waals surface area contributed by atoms with Gasteiger partial charge >= 0.3 is 0 Å². The highest BCUT2D eigenvalue weighted by Gasteiger charge is 2.30. The molecule has 4 heteroatoms. The van der Waals surface area contributed by atoms with Crippen LogP contribution in [-0.4, -0.2) is 28.1 Å². The minimum Gasteiger partial charge on any atom is -0.390 e. The maximum atomic E-state index is 11.7. The minimum atomic E-state index is -0.550. The molecule has 1 aromatic heterocycles. The second kappa shape index (κ2) is 5.27. The maximum absolute atomic E-state index is 11.7. The molecule has 92 valence electrons. The van der Waals surface area contributed by atoms with Crippen molar-refractivity contribution in [3.8, 4) is 0 Å². The lowest BCUT2D eigenvalue weighted by atomic mass is 9.98. The van der Waals surface area contributed by atoms with Crippen LogP contribution in [0.25, 0.3) is 0 Å². The molecule has 0 aromatic carbocycles. The molecular weight excluding hydrogens is 216 g/mol. The van der Waals surface area contributed by atoms with Gasteiger partial charge in [-0.3, -0.25) is 9.78 Å². The van der Waals surface area contributed by atoms with E-state index in [4.69, 9.17) is 0 Å². The number of rotatable bonds is 4. The van der Waals surface area contributed by atoms with Gasteiger partial charge in [-0.25, -0.2) is 0 Å². The van der Waals surface area contributed by atoms with E-state index in [-0.39, 0.29) is 5.91 Å². The molecule has 1 aromatic rings. The van der Waals surface area contributed by atoms with Gasteiger partial charge in [0.2, 0.25) is 0 Å². The predicted octanol–water partition coefficient (Wildman–Crippen LogP) is 1.51. The lowest BCUT2D eigenvalue weighted by Crippen LogP contribution is -2.32. The SMILES string of the molecule is O=C(NCCC1(O)CCCC1)c1ccncc1. The van der Waals surface area contributed by atoms with E-state index < -0.39 is 5.60 Å². The molecule has 0 aliphatic heterocycles. The molecule has 4 nitrogen and oxygen atoms in total. The summed E-state index contributed by atoms with van der Waals surface area (Å²) in [4.78, 5) is 15.6. The minimum absolute atomic E-state index is 0.103. The highest BCUT2D eigenvalue weighted by molar-refractivity contribution is 5.93. The number of carbonyl (C=O) groups is 1. The van der Waals surface area contributed by atoms with Crippen LogP contribution in [0.4, 0.5) is 0 Å². The number of aromatic nitrogens is 1. The summed E-state index contributed by atoms with van der Waals surface area (Å²) in [7, 11) is 0. The first-order chi connectivity index (χ1) is 8.20. The quantitative estimate of drug-likeness (QED) is 0.830. The monoisotopic (exact) mass is 234 g/mol. The van der Waals surface area contributed by atoms with Crippen molar-refractivity contribution in [1.29, 1.82) is 0 Å². The van der Waals surface area contributed by atoms with Gasteiger partial charge in [-0.1, -0.05) is 12.8 Å². The zero-order valence-electron chi connectivity index (χ0n) is 9.85. The van der Waals surface area contributed by atoms with Crippen LogP contribution in [0.2, 0.25) is 0 Å². The summed E-state index contributed by atoms with van der Waals surface area (Å²) in [5, 5.41) is 12.9. The molecule has 1 heterocycles. The zero-order chi connectivity index (χ0) is 12.1. The van der Waals surface area contributed by atoms with Gasteiger partial charge in [-0.2, -0.15) is 0 Å². The van der Waals surface area contributed by atoms with Gasteiger partial charge in [-0.15, -0.1) is 0 Å². The Balaban J connectivity index is 1.77. The number of amides is 1. The van der Waals surface area contributed by atoms with Crippen LogP contribution >= 0.6 is 0 Å². The summed E-state index contributed by atoms with van der Waals surface area (Å²) in [5.74, 6) is -0.103. The van der Waals surface area contributed by atoms with Gasteiger partial charge in [0.25, 0.3) is 5.91 Å². The Labute approximate surface area is 101 Å².